The highest BCUT2D eigenvalue weighted by atomic mass is 32.2. The molecule has 0 aliphatic carbocycles. The van der Waals surface area contributed by atoms with Gasteiger partial charge in [0, 0.05) is 11.5 Å². The minimum atomic E-state index is -2.23. The fourth-order valence-electron chi connectivity index (χ4n) is 2.88. The summed E-state index contributed by atoms with van der Waals surface area (Å²) in [5.74, 6) is -0.0948. The Hall–Kier alpha value is -1.51. The third-order valence-electron chi connectivity index (χ3n) is 5.82. The second-order valence-electron chi connectivity index (χ2n) is 11.1. The van der Waals surface area contributed by atoms with Crippen LogP contribution in [0.4, 0.5) is 4.79 Å². The fourth-order valence-corrected chi connectivity index (χ4v) is 5.35. The van der Waals surface area contributed by atoms with E-state index >= 15 is 0 Å². The van der Waals surface area contributed by atoms with Crippen molar-refractivity contribution in [2.24, 2.45) is 5.92 Å². The number of thioether (sulfide) groups is 1. The first kappa shape index (κ1) is 29.5. The second kappa shape index (κ2) is 12.3. The van der Waals surface area contributed by atoms with E-state index < -0.39 is 38.0 Å². The number of rotatable bonds is 11. The van der Waals surface area contributed by atoms with Crippen molar-refractivity contribution >= 4 is 32.1 Å². The van der Waals surface area contributed by atoms with Gasteiger partial charge < -0.3 is 19.6 Å². The van der Waals surface area contributed by atoms with Gasteiger partial charge in [-0.1, -0.05) is 58.0 Å². The van der Waals surface area contributed by atoms with Crippen molar-refractivity contribution in [3.63, 3.8) is 0 Å². The van der Waals surface area contributed by atoms with E-state index in [1.165, 1.54) is 5.56 Å². The van der Waals surface area contributed by atoms with Crippen LogP contribution in [0, 0.1) is 5.92 Å². The number of amides is 1. The average Bonchev–Trinajstić information content (AvgIpc) is 2.64. The molecule has 3 atom stereocenters. The third kappa shape index (κ3) is 11.0. The summed E-state index contributed by atoms with van der Waals surface area (Å²) in [6, 6.07) is 9.74. The van der Waals surface area contributed by atoms with Gasteiger partial charge in [0.25, 0.3) is 0 Å². The second-order valence-corrected chi connectivity index (χ2v) is 16.9. The van der Waals surface area contributed by atoms with E-state index in [1.807, 2.05) is 39.0 Å². The Kier molecular flexibility index (Phi) is 11.0. The van der Waals surface area contributed by atoms with Gasteiger partial charge in [-0.25, -0.2) is 4.79 Å². The summed E-state index contributed by atoms with van der Waals surface area (Å²) in [5.41, 5.74) is 0.565. The number of carbonyl (C=O) groups excluding carboxylic acids is 1. The van der Waals surface area contributed by atoms with Crippen LogP contribution in [-0.2, 0) is 19.7 Å². The van der Waals surface area contributed by atoms with Crippen LogP contribution in [0.15, 0.2) is 30.3 Å². The first-order chi connectivity index (χ1) is 15.0. The molecule has 0 fully saturated rings. The van der Waals surface area contributed by atoms with Crippen molar-refractivity contribution in [3.8, 4) is 0 Å². The Labute approximate surface area is 205 Å². The van der Waals surface area contributed by atoms with Crippen LogP contribution in [0.5, 0.6) is 0 Å². The summed E-state index contributed by atoms with van der Waals surface area (Å²) in [5, 5.41) is 12.5. The van der Waals surface area contributed by atoms with Crippen molar-refractivity contribution in [2.75, 3.05) is 5.75 Å². The number of carboxylic acids is 1. The molecular formula is C25H43NO5SSi. The van der Waals surface area contributed by atoms with Crippen molar-refractivity contribution in [1.29, 1.82) is 0 Å². The van der Waals surface area contributed by atoms with Crippen LogP contribution in [0.1, 0.15) is 60.5 Å². The molecule has 6 nitrogen and oxygen atoms in total. The highest BCUT2D eigenvalue weighted by molar-refractivity contribution is 7.98. The van der Waals surface area contributed by atoms with Gasteiger partial charge >= 0.3 is 12.1 Å². The van der Waals surface area contributed by atoms with Crippen LogP contribution in [0.2, 0.25) is 18.1 Å². The maximum absolute atomic E-state index is 12.7. The van der Waals surface area contributed by atoms with Crippen LogP contribution in [0.25, 0.3) is 0 Å². The van der Waals surface area contributed by atoms with E-state index in [-0.39, 0.29) is 11.1 Å². The number of carboxylic acid groups (broad SMARTS) is 1. The van der Waals surface area contributed by atoms with Crippen molar-refractivity contribution in [1.82, 2.24) is 5.32 Å². The van der Waals surface area contributed by atoms with Gasteiger partial charge in [0.15, 0.2) is 8.32 Å². The zero-order valence-corrected chi connectivity index (χ0v) is 23.5. The van der Waals surface area contributed by atoms with Gasteiger partial charge in [-0.05, 0) is 50.9 Å². The minimum absolute atomic E-state index is 0.0502. The first-order valence-corrected chi connectivity index (χ1v) is 15.6. The van der Waals surface area contributed by atoms with Crippen molar-refractivity contribution in [2.45, 2.75) is 96.5 Å². The zero-order valence-electron chi connectivity index (χ0n) is 21.7. The van der Waals surface area contributed by atoms with Crippen LogP contribution >= 0.6 is 11.8 Å². The summed E-state index contributed by atoms with van der Waals surface area (Å²) in [4.78, 5) is 24.4. The number of hydrogen-bond donors (Lipinski definition) is 2. The molecule has 33 heavy (non-hydrogen) atoms. The number of carbonyl (C=O) groups is 2. The number of hydrogen-bond acceptors (Lipinski definition) is 5. The monoisotopic (exact) mass is 497 g/mol. The molecule has 1 aromatic carbocycles. The fraction of sp³-hybridized carbons (Fsp3) is 0.680. The van der Waals surface area contributed by atoms with E-state index in [9.17, 15) is 14.7 Å². The molecule has 0 aliphatic rings. The van der Waals surface area contributed by atoms with Crippen molar-refractivity contribution in [3.05, 3.63) is 35.9 Å². The van der Waals surface area contributed by atoms with Gasteiger partial charge in [-0.2, -0.15) is 11.8 Å². The number of ether oxygens (including phenoxy) is 1. The van der Waals surface area contributed by atoms with Crippen LogP contribution < -0.4 is 5.32 Å². The number of benzene rings is 1. The maximum Gasteiger partial charge on any atom is 0.407 e. The van der Waals surface area contributed by atoms with E-state index in [0.29, 0.717) is 12.2 Å². The van der Waals surface area contributed by atoms with Crippen molar-refractivity contribution < 1.29 is 23.9 Å². The normalized spacial score (nSPS) is 15.4. The molecule has 1 amide bonds. The number of nitrogens with one attached hydrogen (secondary N) is 1. The van der Waals surface area contributed by atoms with Crippen LogP contribution in [0.3, 0.4) is 0 Å². The highest BCUT2D eigenvalue weighted by Crippen LogP contribution is 2.38. The zero-order chi connectivity index (χ0) is 25.4. The molecule has 0 spiro atoms. The van der Waals surface area contributed by atoms with E-state index in [4.69, 9.17) is 9.16 Å². The first-order valence-electron chi connectivity index (χ1n) is 11.5. The van der Waals surface area contributed by atoms with Gasteiger partial charge in [0.1, 0.15) is 5.60 Å². The molecule has 0 aliphatic heterocycles. The Morgan fingerprint density at radius 3 is 2.15 bits per heavy atom. The van der Waals surface area contributed by atoms with Gasteiger partial charge in [0.05, 0.1) is 18.1 Å². The lowest BCUT2D eigenvalue weighted by Crippen LogP contribution is -2.54. The quantitative estimate of drug-likeness (QED) is 0.348. The minimum Gasteiger partial charge on any atom is -0.481 e. The summed E-state index contributed by atoms with van der Waals surface area (Å²) in [7, 11) is -2.23. The Morgan fingerprint density at radius 2 is 1.67 bits per heavy atom. The molecule has 0 radical (unpaired) electrons. The Morgan fingerprint density at radius 1 is 1.09 bits per heavy atom. The molecule has 0 saturated carbocycles. The molecule has 0 aromatic heterocycles. The summed E-state index contributed by atoms with van der Waals surface area (Å²) >= 11 is 1.69. The van der Waals surface area contributed by atoms with Crippen LogP contribution in [-0.4, -0.2) is 49.0 Å². The smallest absolute Gasteiger partial charge is 0.407 e. The molecular weight excluding hydrogens is 454 g/mol. The summed E-state index contributed by atoms with van der Waals surface area (Å²) in [6.07, 6.45) is -0.638. The predicted molar refractivity (Wildman–Crippen MR) is 139 cm³/mol. The van der Waals surface area contributed by atoms with E-state index in [0.717, 1.165) is 5.75 Å². The topological polar surface area (TPSA) is 84.9 Å². The van der Waals surface area contributed by atoms with Gasteiger partial charge in [0.2, 0.25) is 0 Å². The van der Waals surface area contributed by atoms with E-state index in [2.05, 4.69) is 51.3 Å². The lowest BCUT2D eigenvalue weighted by molar-refractivity contribution is -0.142. The Balaban J connectivity index is 3.15. The number of alkyl carbamates (subject to hydrolysis) is 1. The molecule has 1 aromatic rings. The molecule has 8 heteroatoms. The van der Waals surface area contributed by atoms with E-state index in [1.54, 1.807) is 18.7 Å². The standard InChI is InChI=1S/C25H43NO5SSi/c1-18(22(27)28)15-21(31-33(8,9)25(5,6)7)20(26-23(29)30-24(2,3)4)17-32-16-19-13-11-10-12-14-19/h10-14,18,20-21H,15-17H2,1-9H3,(H,26,29)(H,27,28)/t18-,20+,21+/m1/s1. The third-order valence-corrected chi connectivity index (χ3v) is 11.5. The average molecular weight is 498 g/mol. The largest absolute Gasteiger partial charge is 0.481 e. The molecule has 0 bridgehead atoms. The molecule has 2 N–H and O–H groups in total. The van der Waals surface area contributed by atoms with Gasteiger partial charge in [-0.3, -0.25) is 4.79 Å². The SMILES string of the molecule is C[C@H](C[C@H](O[Si](C)(C)C(C)(C)C)[C@H](CSCc1ccccc1)NC(=O)OC(C)(C)C)C(=O)O. The molecule has 1 rings (SSSR count). The lowest BCUT2D eigenvalue weighted by Gasteiger charge is -2.42. The van der Waals surface area contributed by atoms with Gasteiger partial charge in [-0.15, -0.1) is 0 Å². The molecule has 0 unspecified atom stereocenters. The maximum atomic E-state index is 12.7. The lowest BCUT2D eigenvalue weighted by atomic mass is 9.99. The Bertz CT molecular complexity index is 758. The summed E-state index contributed by atoms with van der Waals surface area (Å²) < 4.78 is 12.2. The number of aliphatic carboxylic acids is 1. The molecule has 188 valence electrons. The highest BCUT2D eigenvalue weighted by Gasteiger charge is 2.42. The predicted octanol–water partition coefficient (Wildman–Crippen LogP) is 6.31. The molecule has 0 saturated heterocycles. The molecule has 0 heterocycles. The summed E-state index contributed by atoms with van der Waals surface area (Å²) in [6.45, 7) is 17.9.